The number of hydrogen-bond donors (Lipinski definition) is 2. The molecule has 1 aromatic heterocycles. The topological polar surface area (TPSA) is 102 Å². The van der Waals surface area contributed by atoms with E-state index >= 15 is 0 Å². The third-order valence-electron chi connectivity index (χ3n) is 10.0. The summed E-state index contributed by atoms with van der Waals surface area (Å²) in [5.74, 6) is 0.316. The Labute approximate surface area is 231 Å². The number of benzene rings is 1. The quantitative estimate of drug-likeness (QED) is 0.502. The second-order valence-corrected chi connectivity index (χ2v) is 13.2. The van der Waals surface area contributed by atoms with Gasteiger partial charge in [0, 0.05) is 18.3 Å². The van der Waals surface area contributed by atoms with Crippen LogP contribution in [0.2, 0.25) is 0 Å². The molecule has 206 valence electrons. The molecule has 0 unspecified atom stereocenters. The van der Waals surface area contributed by atoms with Crippen molar-refractivity contribution in [2.45, 2.75) is 89.4 Å². The van der Waals surface area contributed by atoms with Gasteiger partial charge in [-0.2, -0.15) is 0 Å². The molecule has 2 amide bonds. The van der Waals surface area contributed by atoms with E-state index in [1.165, 1.54) is 25.0 Å². The lowest BCUT2D eigenvalue weighted by atomic mass is 9.43. The summed E-state index contributed by atoms with van der Waals surface area (Å²) in [4.78, 5) is 35.4. The van der Waals surface area contributed by atoms with E-state index in [9.17, 15) is 9.59 Å². The highest BCUT2D eigenvalue weighted by Gasteiger charge is 2.69. The SMILES string of the molecule is CC(C)C[C@H](NC(=O)[C@]1(NC(=O)c2cnccn2)C[C@@H]1c1ccccc1)B1O[C@@H]2C[C@@H]3C[C@@H](C3(C)C)[C@]2(C)O1. The molecule has 0 spiro atoms. The fraction of sp³-hybridized carbons (Fsp3) is 0.600. The van der Waals surface area contributed by atoms with E-state index in [1.54, 1.807) is 0 Å². The molecule has 39 heavy (non-hydrogen) atoms. The first kappa shape index (κ1) is 26.4. The van der Waals surface area contributed by atoms with Crippen LogP contribution in [0.3, 0.4) is 0 Å². The Bertz CT molecular complexity index is 1240. The third kappa shape index (κ3) is 4.38. The fourth-order valence-electron chi connectivity index (χ4n) is 7.59. The minimum absolute atomic E-state index is 0.0362. The molecule has 2 heterocycles. The molecule has 7 atom stereocenters. The summed E-state index contributed by atoms with van der Waals surface area (Å²) in [6.45, 7) is 11.2. The smallest absolute Gasteiger partial charge is 0.404 e. The van der Waals surface area contributed by atoms with Gasteiger partial charge in [0.1, 0.15) is 11.2 Å². The molecule has 0 radical (unpaired) electrons. The number of amides is 2. The van der Waals surface area contributed by atoms with Gasteiger partial charge in [0.15, 0.2) is 0 Å². The maximum atomic E-state index is 14.1. The van der Waals surface area contributed by atoms with Crippen molar-refractivity contribution in [2.75, 3.05) is 0 Å². The monoisotopic (exact) mass is 530 g/mol. The number of rotatable bonds is 8. The van der Waals surface area contributed by atoms with Gasteiger partial charge in [0.25, 0.3) is 5.91 Å². The van der Waals surface area contributed by atoms with Crippen LogP contribution in [0, 0.1) is 23.2 Å². The average Bonchev–Trinajstić information content (AvgIpc) is 3.53. The van der Waals surface area contributed by atoms with Crippen molar-refractivity contribution in [3.63, 3.8) is 0 Å². The molecule has 1 saturated heterocycles. The maximum absolute atomic E-state index is 14.1. The van der Waals surface area contributed by atoms with Crippen LogP contribution in [0.15, 0.2) is 48.9 Å². The van der Waals surface area contributed by atoms with Gasteiger partial charge in [-0.15, -0.1) is 0 Å². The van der Waals surface area contributed by atoms with Gasteiger partial charge >= 0.3 is 7.12 Å². The summed E-state index contributed by atoms with van der Waals surface area (Å²) in [7, 11) is -0.525. The number of nitrogens with one attached hydrogen (secondary N) is 2. The second kappa shape index (κ2) is 9.41. The first-order valence-electron chi connectivity index (χ1n) is 14.3. The highest BCUT2D eigenvalue weighted by molar-refractivity contribution is 6.48. The molecule has 7 rings (SSSR count). The Kier molecular flexibility index (Phi) is 6.38. The molecular weight excluding hydrogens is 491 g/mol. The highest BCUT2D eigenvalue weighted by Crippen LogP contribution is 2.65. The lowest BCUT2D eigenvalue weighted by Gasteiger charge is -2.64. The lowest BCUT2D eigenvalue weighted by Crippen LogP contribution is -2.65. The van der Waals surface area contributed by atoms with E-state index in [-0.39, 0.29) is 40.6 Å². The van der Waals surface area contributed by atoms with Gasteiger partial charge < -0.3 is 19.9 Å². The number of carbonyl (C=O) groups excluding carboxylic acids is 2. The normalized spacial score (nSPS) is 34.6. The van der Waals surface area contributed by atoms with Gasteiger partial charge in [-0.1, -0.05) is 58.0 Å². The molecular formula is C30H39BN4O4. The van der Waals surface area contributed by atoms with Crippen molar-refractivity contribution in [3.8, 4) is 0 Å². The third-order valence-corrected chi connectivity index (χ3v) is 10.0. The second-order valence-electron chi connectivity index (χ2n) is 13.2. The predicted molar refractivity (Wildman–Crippen MR) is 148 cm³/mol. The number of carbonyl (C=O) groups is 2. The Morgan fingerprint density at radius 3 is 2.56 bits per heavy atom. The summed E-state index contributed by atoms with van der Waals surface area (Å²) in [6, 6.07) is 9.87. The van der Waals surface area contributed by atoms with Gasteiger partial charge in [0.05, 0.1) is 23.8 Å². The average molecular weight is 530 g/mol. The highest BCUT2D eigenvalue weighted by atomic mass is 16.7. The van der Waals surface area contributed by atoms with Crippen LogP contribution in [0.25, 0.3) is 0 Å². The first-order chi connectivity index (χ1) is 18.5. The van der Waals surface area contributed by atoms with Crippen molar-refractivity contribution in [2.24, 2.45) is 23.2 Å². The molecule has 9 heteroatoms. The number of aromatic nitrogens is 2. The summed E-state index contributed by atoms with van der Waals surface area (Å²) in [5.41, 5.74) is 0.00705. The van der Waals surface area contributed by atoms with Crippen molar-refractivity contribution in [1.29, 1.82) is 0 Å². The minimum Gasteiger partial charge on any atom is -0.404 e. The van der Waals surface area contributed by atoms with Gasteiger partial charge in [-0.05, 0) is 61.3 Å². The lowest BCUT2D eigenvalue weighted by molar-refractivity contribution is -0.199. The molecule has 5 aliphatic rings. The van der Waals surface area contributed by atoms with Crippen LogP contribution in [0.5, 0.6) is 0 Å². The van der Waals surface area contributed by atoms with Crippen LogP contribution < -0.4 is 10.6 Å². The molecule has 5 fully saturated rings. The molecule has 4 saturated carbocycles. The van der Waals surface area contributed by atoms with Crippen molar-refractivity contribution < 1.29 is 18.9 Å². The molecule has 2 bridgehead atoms. The molecule has 1 aromatic carbocycles. The summed E-state index contributed by atoms with van der Waals surface area (Å²) >= 11 is 0. The molecule has 2 N–H and O–H groups in total. The molecule has 2 aromatic rings. The predicted octanol–water partition coefficient (Wildman–Crippen LogP) is 3.93. The summed E-state index contributed by atoms with van der Waals surface area (Å²) in [5, 5.41) is 6.31. The molecule has 1 aliphatic heterocycles. The van der Waals surface area contributed by atoms with Gasteiger partial charge in [-0.25, -0.2) is 4.98 Å². The van der Waals surface area contributed by atoms with E-state index in [1.807, 2.05) is 30.3 Å². The Balaban J connectivity index is 1.24. The van der Waals surface area contributed by atoms with Gasteiger partial charge in [-0.3, -0.25) is 14.6 Å². The standard InChI is InChI=1S/C30H39BN4O4/c1-18(2)13-25(31-38-24-15-20-14-23(28(20,3)4)29(24,5)39-31)34-27(37)30(16-21(30)19-9-7-6-8-10-19)35-26(36)22-17-32-11-12-33-22/h6-12,17-18,20-21,23-25H,13-16H2,1-5H3,(H,34,37)(H,35,36)/t20-,21+,23-,24+,25-,29-,30-/m0/s1. The zero-order valence-electron chi connectivity index (χ0n) is 23.5. The van der Waals surface area contributed by atoms with Crippen molar-refractivity contribution >= 4 is 18.9 Å². The van der Waals surface area contributed by atoms with Crippen LogP contribution in [0.4, 0.5) is 0 Å². The van der Waals surface area contributed by atoms with Crippen LogP contribution in [-0.2, 0) is 14.1 Å². The zero-order chi connectivity index (χ0) is 27.6. The fourth-order valence-corrected chi connectivity index (χ4v) is 7.59. The number of hydrogen-bond acceptors (Lipinski definition) is 6. The van der Waals surface area contributed by atoms with E-state index in [2.05, 4.69) is 55.2 Å². The molecule has 8 nitrogen and oxygen atoms in total. The Hall–Kier alpha value is -2.78. The summed E-state index contributed by atoms with van der Waals surface area (Å²) < 4.78 is 13.3. The Morgan fingerprint density at radius 2 is 1.90 bits per heavy atom. The van der Waals surface area contributed by atoms with Crippen LogP contribution in [-0.4, -0.2) is 52.1 Å². The summed E-state index contributed by atoms with van der Waals surface area (Å²) in [6.07, 6.45) is 7.83. The van der Waals surface area contributed by atoms with Gasteiger partial charge in [0.2, 0.25) is 5.91 Å². The zero-order valence-corrected chi connectivity index (χ0v) is 23.5. The van der Waals surface area contributed by atoms with E-state index in [4.69, 9.17) is 9.31 Å². The van der Waals surface area contributed by atoms with Crippen LogP contribution >= 0.6 is 0 Å². The largest absolute Gasteiger partial charge is 0.481 e. The first-order valence-corrected chi connectivity index (χ1v) is 14.3. The van der Waals surface area contributed by atoms with Crippen LogP contribution in [0.1, 0.15) is 82.3 Å². The van der Waals surface area contributed by atoms with Crippen molar-refractivity contribution in [3.05, 3.63) is 60.2 Å². The maximum Gasteiger partial charge on any atom is 0.481 e. The minimum atomic E-state index is -1.08. The van der Waals surface area contributed by atoms with E-state index < -0.39 is 18.6 Å². The van der Waals surface area contributed by atoms with Crippen molar-refractivity contribution in [1.82, 2.24) is 20.6 Å². The number of nitrogens with zero attached hydrogens (tertiary/aromatic N) is 2. The molecule has 4 aliphatic carbocycles. The Morgan fingerprint density at radius 1 is 1.13 bits per heavy atom. The van der Waals surface area contributed by atoms with E-state index in [0.717, 1.165) is 12.0 Å². The van der Waals surface area contributed by atoms with E-state index in [0.29, 0.717) is 30.6 Å².